The molecule has 1 N–H and O–H groups in total. The Hall–Kier alpha value is -2.95. The van der Waals surface area contributed by atoms with Crippen LogP contribution in [0.1, 0.15) is 39.2 Å². The van der Waals surface area contributed by atoms with Crippen LogP contribution in [-0.2, 0) is 15.7 Å². The van der Waals surface area contributed by atoms with Crippen molar-refractivity contribution in [2.45, 2.75) is 44.6 Å². The molecule has 1 aromatic heterocycles. The first kappa shape index (κ1) is 17.2. The third-order valence-electron chi connectivity index (χ3n) is 5.78. The number of aromatic nitrogens is 1. The van der Waals surface area contributed by atoms with E-state index in [9.17, 15) is 4.79 Å². The Labute approximate surface area is 164 Å². The second kappa shape index (κ2) is 5.77. The molecule has 5 rings (SSSR count). The summed E-state index contributed by atoms with van der Waals surface area (Å²) in [5.74, 6) is 1.51. The average molecular weight is 376 g/mol. The molecule has 2 heterocycles. The summed E-state index contributed by atoms with van der Waals surface area (Å²) in [5.41, 5.74) is 2.55. The van der Waals surface area contributed by atoms with E-state index in [4.69, 9.17) is 9.47 Å². The molecular weight excluding hydrogens is 352 g/mol. The molecule has 5 nitrogen and oxygen atoms in total. The predicted molar refractivity (Wildman–Crippen MR) is 109 cm³/mol. The van der Waals surface area contributed by atoms with Crippen LogP contribution in [0.4, 0.5) is 5.69 Å². The average Bonchev–Trinajstić information content (AvgIpc) is 3.14. The largest absolute Gasteiger partial charge is 0.454 e. The molecule has 0 bridgehead atoms. The van der Waals surface area contributed by atoms with E-state index >= 15 is 0 Å². The van der Waals surface area contributed by atoms with E-state index in [1.54, 1.807) is 0 Å². The number of anilines is 1. The molecule has 2 aromatic carbocycles. The van der Waals surface area contributed by atoms with Crippen molar-refractivity contribution >= 4 is 22.5 Å². The second-order valence-electron chi connectivity index (χ2n) is 8.73. The number of hydrogen-bond acceptors (Lipinski definition) is 3. The Balaban J connectivity index is 1.41. The van der Waals surface area contributed by atoms with E-state index in [1.165, 1.54) is 5.52 Å². The number of carbonyl (C=O) groups is 1. The maximum Gasteiger partial charge on any atom is 0.235 e. The number of ether oxygens (including phenoxy) is 2. The van der Waals surface area contributed by atoms with Gasteiger partial charge in [-0.25, -0.2) is 0 Å². The van der Waals surface area contributed by atoms with E-state index in [0.717, 1.165) is 41.0 Å². The number of hydrogen-bond donors (Lipinski definition) is 1. The fraction of sp³-hybridized carbons (Fsp3) is 0.348. The van der Waals surface area contributed by atoms with Gasteiger partial charge < -0.3 is 19.4 Å². The second-order valence-corrected chi connectivity index (χ2v) is 8.73. The predicted octanol–water partition coefficient (Wildman–Crippen LogP) is 4.80. The van der Waals surface area contributed by atoms with Gasteiger partial charge in [-0.05, 0) is 75.6 Å². The molecular formula is C23H24N2O3. The van der Waals surface area contributed by atoms with Crippen LogP contribution in [0.25, 0.3) is 10.9 Å². The standard InChI is InChI=1S/C23H24N2O3/c1-22(2,3)25-11-8-15-12-17(5-6-18(15)25)24-21(26)23(9-10-23)16-4-7-19-20(13-16)28-14-27-19/h4-8,11-13H,9-10,14H2,1-3H3,(H,24,26). The normalized spacial score (nSPS) is 17.0. The fourth-order valence-electron chi connectivity index (χ4n) is 4.02. The highest BCUT2D eigenvalue weighted by atomic mass is 16.7. The van der Waals surface area contributed by atoms with Crippen LogP contribution in [0.15, 0.2) is 48.7 Å². The van der Waals surface area contributed by atoms with Crippen LogP contribution in [0.2, 0.25) is 0 Å². The van der Waals surface area contributed by atoms with E-state index < -0.39 is 5.41 Å². The topological polar surface area (TPSA) is 52.5 Å². The summed E-state index contributed by atoms with van der Waals surface area (Å²) in [6.07, 6.45) is 3.80. The van der Waals surface area contributed by atoms with Gasteiger partial charge in [0.05, 0.1) is 5.41 Å². The van der Waals surface area contributed by atoms with Gasteiger partial charge in [0.2, 0.25) is 12.7 Å². The van der Waals surface area contributed by atoms with Crippen molar-refractivity contribution < 1.29 is 14.3 Å². The highest BCUT2D eigenvalue weighted by Gasteiger charge is 2.51. The van der Waals surface area contributed by atoms with Crippen molar-refractivity contribution in [1.29, 1.82) is 0 Å². The lowest BCUT2D eigenvalue weighted by Crippen LogP contribution is -2.27. The molecule has 0 saturated heterocycles. The van der Waals surface area contributed by atoms with Crippen molar-refractivity contribution in [1.82, 2.24) is 4.57 Å². The molecule has 28 heavy (non-hydrogen) atoms. The summed E-state index contributed by atoms with van der Waals surface area (Å²) in [4.78, 5) is 13.1. The molecule has 5 heteroatoms. The Morgan fingerprint density at radius 3 is 2.57 bits per heavy atom. The molecule has 0 spiro atoms. The third kappa shape index (κ3) is 2.65. The van der Waals surface area contributed by atoms with Crippen molar-refractivity contribution in [2.75, 3.05) is 12.1 Å². The molecule has 0 atom stereocenters. The summed E-state index contributed by atoms with van der Waals surface area (Å²) in [6.45, 7) is 6.80. The lowest BCUT2D eigenvalue weighted by Gasteiger charge is -2.22. The van der Waals surface area contributed by atoms with Crippen molar-refractivity contribution in [3.8, 4) is 11.5 Å². The van der Waals surface area contributed by atoms with E-state index in [1.807, 2.05) is 30.3 Å². The molecule has 1 fully saturated rings. The number of amides is 1. The Morgan fingerprint density at radius 2 is 1.82 bits per heavy atom. The van der Waals surface area contributed by atoms with Crippen LogP contribution in [0.5, 0.6) is 11.5 Å². The molecule has 1 aliphatic heterocycles. The van der Waals surface area contributed by atoms with Gasteiger partial charge >= 0.3 is 0 Å². The molecule has 3 aromatic rings. The number of benzene rings is 2. The first-order valence-electron chi connectivity index (χ1n) is 9.70. The van der Waals surface area contributed by atoms with Crippen LogP contribution in [0, 0.1) is 0 Å². The highest BCUT2D eigenvalue weighted by Crippen LogP contribution is 2.51. The number of nitrogens with one attached hydrogen (secondary N) is 1. The lowest BCUT2D eigenvalue weighted by molar-refractivity contribution is -0.118. The Morgan fingerprint density at radius 1 is 1.04 bits per heavy atom. The smallest absolute Gasteiger partial charge is 0.235 e. The maximum absolute atomic E-state index is 13.1. The number of fused-ring (bicyclic) bond motifs is 2. The minimum atomic E-state index is -0.465. The third-order valence-corrected chi connectivity index (χ3v) is 5.78. The van der Waals surface area contributed by atoms with Gasteiger partial charge in [0.25, 0.3) is 0 Å². The summed E-state index contributed by atoms with van der Waals surface area (Å²) >= 11 is 0. The number of nitrogens with zero attached hydrogens (tertiary/aromatic N) is 1. The summed E-state index contributed by atoms with van der Waals surface area (Å²) in [6, 6.07) is 14.0. The first-order valence-corrected chi connectivity index (χ1v) is 9.70. The van der Waals surface area contributed by atoms with Gasteiger partial charge in [-0.3, -0.25) is 4.79 Å². The van der Waals surface area contributed by atoms with Crippen LogP contribution in [-0.4, -0.2) is 17.3 Å². The SMILES string of the molecule is CC(C)(C)n1ccc2cc(NC(=O)C3(c4ccc5c(c4)OCO5)CC3)ccc21. The van der Waals surface area contributed by atoms with Gasteiger partial charge in [-0.1, -0.05) is 6.07 Å². The summed E-state index contributed by atoms with van der Waals surface area (Å²) in [7, 11) is 0. The van der Waals surface area contributed by atoms with Gasteiger partial charge in [-0.15, -0.1) is 0 Å². The molecule has 1 amide bonds. The zero-order valence-electron chi connectivity index (χ0n) is 16.4. The quantitative estimate of drug-likeness (QED) is 0.715. The minimum Gasteiger partial charge on any atom is -0.454 e. The van der Waals surface area contributed by atoms with Gasteiger partial charge in [-0.2, -0.15) is 0 Å². The van der Waals surface area contributed by atoms with Crippen molar-refractivity contribution in [2.24, 2.45) is 0 Å². The van der Waals surface area contributed by atoms with Gasteiger partial charge in [0, 0.05) is 28.3 Å². The van der Waals surface area contributed by atoms with Crippen molar-refractivity contribution in [3.05, 3.63) is 54.2 Å². The lowest BCUT2D eigenvalue weighted by atomic mass is 9.94. The molecule has 0 unspecified atom stereocenters. The zero-order valence-corrected chi connectivity index (χ0v) is 16.4. The minimum absolute atomic E-state index is 0.0178. The fourth-order valence-corrected chi connectivity index (χ4v) is 4.02. The van der Waals surface area contributed by atoms with E-state index in [0.29, 0.717) is 0 Å². The first-order chi connectivity index (χ1) is 13.4. The van der Waals surface area contributed by atoms with Crippen LogP contribution >= 0.6 is 0 Å². The van der Waals surface area contributed by atoms with E-state index in [2.05, 4.69) is 49.0 Å². The van der Waals surface area contributed by atoms with Gasteiger partial charge in [0.15, 0.2) is 11.5 Å². The zero-order chi connectivity index (χ0) is 19.5. The van der Waals surface area contributed by atoms with E-state index in [-0.39, 0.29) is 18.2 Å². The maximum atomic E-state index is 13.1. The summed E-state index contributed by atoms with van der Waals surface area (Å²) in [5, 5.41) is 4.26. The number of carbonyl (C=O) groups excluding carboxylic acids is 1. The molecule has 1 aliphatic carbocycles. The molecule has 144 valence electrons. The Bertz CT molecular complexity index is 1090. The van der Waals surface area contributed by atoms with Crippen LogP contribution < -0.4 is 14.8 Å². The monoisotopic (exact) mass is 376 g/mol. The molecule has 0 radical (unpaired) electrons. The number of rotatable bonds is 3. The van der Waals surface area contributed by atoms with Gasteiger partial charge in [0.1, 0.15) is 0 Å². The molecule has 1 saturated carbocycles. The summed E-state index contributed by atoms with van der Waals surface area (Å²) < 4.78 is 13.1. The molecule has 2 aliphatic rings. The highest BCUT2D eigenvalue weighted by molar-refractivity contribution is 6.02. The Kier molecular flexibility index (Phi) is 3.54. The van der Waals surface area contributed by atoms with Crippen LogP contribution in [0.3, 0.4) is 0 Å². The van der Waals surface area contributed by atoms with Crippen molar-refractivity contribution in [3.63, 3.8) is 0 Å².